The van der Waals surface area contributed by atoms with E-state index in [1.807, 2.05) is 18.5 Å². The minimum absolute atomic E-state index is 0.815. The fraction of sp³-hybridized carbons (Fsp3) is 0.333. The average Bonchev–Trinajstić information content (AvgIpc) is 2.48. The highest BCUT2D eigenvalue weighted by atomic mass is 16.5. The number of aromatic nitrogens is 2. The van der Waals surface area contributed by atoms with Gasteiger partial charge in [-0.1, -0.05) is 13.0 Å². The molecule has 4 heteroatoms. The molecule has 0 aliphatic carbocycles. The molecule has 1 heterocycles. The van der Waals surface area contributed by atoms with Crippen LogP contribution in [0.2, 0.25) is 0 Å². The minimum Gasteiger partial charge on any atom is -0.497 e. The largest absolute Gasteiger partial charge is 0.497 e. The number of hydrogen-bond donors (Lipinski definition) is 1. The molecule has 0 aliphatic heterocycles. The van der Waals surface area contributed by atoms with Crippen LogP contribution in [0.4, 0.5) is 0 Å². The topological polar surface area (TPSA) is 47.0 Å². The second-order valence-corrected chi connectivity index (χ2v) is 4.33. The van der Waals surface area contributed by atoms with Crippen LogP contribution in [0, 0.1) is 0 Å². The molecule has 100 valence electrons. The third kappa shape index (κ3) is 3.51. The van der Waals surface area contributed by atoms with E-state index in [2.05, 4.69) is 34.3 Å². The normalized spacial score (nSPS) is 10.4. The first-order valence-electron chi connectivity index (χ1n) is 6.48. The molecule has 1 aromatic carbocycles. The summed E-state index contributed by atoms with van der Waals surface area (Å²) in [5.74, 6) is 0.869. The van der Waals surface area contributed by atoms with E-state index in [1.54, 1.807) is 13.4 Å². The minimum atomic E-state index is 0.815. The van der Waals surface area contributed by atoms with Gasteiger partial charge >= 0.3 is 0 Å². The summed E-state index contributed by atoms with van der Waals surface area (Å²) in [5, 5.41) is 3.42. The van der Waals surface area contributed by atoms with E-state index in [4.69, 9.17) is 4.74 Å². The van der Waals surface area contributed by atoms with Gasteiger partial charge in [0.1, 0.15) is 12.1 Å². The standard InChI is InChI=1S/C15H19N3O/c1-3-6-16-8-12-7-14(19-2)4-5-15(12)13-9-17-11-18-10-13/h4-5,7,9-11,16H,3,6,8H2,1-2H3. The lowest BCUT2D eigenvalue weighted by Crippen LogP contribution is -2.14. The van der Waals surface area contributed by atoms with Crippen molar-refractivity contribution in [3.8, 4) is 16.9 Å². The Balaban J connectivity index is 2.31. The van der Waals surface area contributed by atoms with Crippen LogP contribution in [0.3, 0.4) is 0 Å². The molecule has 0 fully saturated rings. The van der Waals surface area contributed by atoms with Gasteiger partial charge in [-0.15, -0.1) is 0 Å². The Bertz CT molecular complexity index is 514. The molecule has 0 saturated carbocycles. The van der Waals surface area contributed by atoms with Gasteiger partial charge in [-0.3, -0.25) is 0 Å². The molecular formula is C15H19N3O. The van der Waals surface area contributed by atoms with Crippen molar-refractivity contribution >= 4 is 0 Å². The van der Waals surface area contributed by atoms with Crippen molar-refractivity contribution in [1.82, 2.24) is 15.3 Å². The summed E-state index contributed by atoms with van der Waals surface area (Å²) in [5.41, 5.74) is 3.37. The summed E-state index contributed by atoms with van der Waals surface area (Å²) in [6, 6.07) is 6.08. The van der Waals surface area contributed by atoms with Gasteiger partial charge in [0.15, 0.2) is 0 Å². The third-order valence-corrected chi connectivity index (χ3v) is 2.93. The van der Waals surface area contributed by atoms with E-state index in [0.717, 1.165) is 36.4 Å². The van der Waals surface area contributed by atoms with Gasteiger partial charge in [-0.05, 0) is 36.2 Å². The average molecular weight is 257 g/mol. The molecule has 0 spiro atoms. The molecule has 2 aromatic rings. The Kier molecular flexibility index (Phi) is 4.86. The van der Waals surface area contributed by atoms with Crippen molar-refractivity contribution in [2.75, 3.05) is 13.7 Å². The van der Waals surface area contributed by atoms with Gasteiger partial charge in [-0.2, -0.15) is 0 Å². The van der Waals surface area contributed by atoms with Gasteiger partial charge in [-0.25, -0.2) is 9.97 Å². The lowest BCUT2D eigenvalue weighted by atomic mass is 10.0. The van der Waals surface area contributed by atoms with E-state index >= 15 is 0 Å². The van der Waals surface area contributed by atoms with Crippen molar-refractivity contribution in [2.45, 2.75) is 19.9 Å². The molecular weight excluding hydrogens is 238 g/mol. The van der Waals surface area contributed by atoms with Crippen LogP contribution in [0.1, 0.15) is 18.9 Å². The predicted molar refractivity (Wildman–Crippen MR) is 76.0 cm³/mol. The summed E-state index contributed by atoms with van der Waals surface area (Å²) in [7, 11) is 1.68. The lowest BCUT2D eigenvalue weighted by Gasteiger charge is -2.12. The predicted octanol–water partition coefficient (Wildman–Crippen LogP) is 2.65. The fourth-order valence-corrected chi connectivity index (χ4v) is 1.96. The van der Waals surface area contributed by atoms with Crippen molar-refractivity contribution in [3.63, 3.8) is 0 Å². The number of ether oxygens (including phenoxy) is 1. The Hall–Kier alpha value is -1.94. The molecule has 4 nitrogen and oxygen atoms in total. The molecule has 0 radical (unpaired) electrons. The first kappa shape index (κ1) is 13.5. The van der Waals surface area contributed by atoms with Crippen molar-refractivity contribution in [1.29, 1.82) is 0 Å². The summed E-state index contributed by atoms with van der Waals surface area (Å²) in [4.78, 5) is 8.16. The van der Waals surface area contributed by atoms with Crippen LogP contribution in [-0.4, -0.2) is 23.6 Å². The van der Waals surface area contributed by atoms with Crippen LogP contribution < -0.4 is 10.1 Å². The van der Waals surface area contributed by atoms with E-state index < -0.39 is 0 Å². The zero-order valence-electron chi connectivity index (χ0n) is 11.4. The molecule has 0 amide bonds. The zero-order valence-corrected chi connectivity index (χ0v) is 11.4. The van der Waals surface area contributed by atoms with Gasteiger partial charge in [0.2, 0.25) is 0 Å². The first-order valence-corrected chi connectivity index (χ1v) is 6.48. The maximum absolute atomic E-state index is 5.29. The van der Waals surface area contributed by atoms with Gasteiger partial charge in [0, 0.05) is 24.5 Å². The zero-order chi connectivity index (χ0) is 13.5. The van der Waals surface area contributed by atoms with Crippen LogP contribution >= 0.6 is 0 Å². The highest BCUT2D eigenvalue weighted by Gasteiger charge is 2.07. The molecule has 0 aliphatic rings. The summed E-state index contributed by atoms with van der Waals surface area (Å²) >= 11 is 0. The van der Waals surface area contributed by atoms with Crippen LogP contribution in [0.5, 0.6) is 5.75 Å². The maximum Gasteiger partial charge on any atom is 0.119 e. The second kappa shape index (κ2) is 6.85. The molecule has 0 atom stereocenters. The van der Waals surface area contributed by atoms with Crippen LogP contribution in [0.15, 0.2) is 36.9 Å². The number of nitrogens with one attached hydrogen (secondary N) is 1. The highest BCUT2D eigenvalue weighted by molar-refractivity contribution is 5.66. The molecule has 1 aromatic heterocycles. The Labute approximate surface area is 113 Å². The summed E-state index contributed by atoms with van der Waals surface area (Å²) in [6.07, 6.45) is 6.33. The van der Waals surface area contributed by atoms with Crippen LogP contribution in [0.25, 0.3) is 11.1 Å². The molecule has 19 heavy (non-hydrogen) atoms. The summed E-state index contributed by atoms with van der Waals surface area (Å²) < 4.78 is 5.29. The Morgan fingerprint density at radius 3 is 2.68 bits per heavy atom. The van der Waals surface area contributed by atoms with E-state index in [1.165, 1.54) is 5.56 Å². The quantitative estimate of drug-likeness (QED) is 0.808. The van der Waals surface area contributed by atoms with E-state index in [9.17, 15) is 0 Å². The number of hydrogen-bond acceptors (Lipinski definition) is 4. The number of methoxy groups -OCH3 is 1. The summed E-state index contributed by atoms with van der Waals surface area (Å²) in [6.45, 7) is 3.97. The molecule has 2 rings (SSSR count). The highest BCUT2D eigenvalue weighted by Crippen LogP contribution is 2.26. The van der Waals surface area contributed by atoms with Crippen LogP contribution in [-0.2, 0) is 6.54 Å². The maximum atomic E-state index is 5.29. The van der Waals surface area contributed by atoms with E-state index in [-0.39, 0.29) is 0 Å². The number of benzene rings is 1. The molecule has 0 bridgehead atoms. The van der Waals surface area contributed by atoms with E-state index in [0.29, 0.717) is 0 Å². The first-order chi connectivity index (χ1) is 9.35. The monoisotopic (exact) mass is 257 g/mol. The van der Waals surface area contributed by atoms with Gasteiger partial charge in [0.25, 0.3) is 0 Å². The lowest BCUT2D eigenvalue weighted by molar-refractivity contribution is 0.414. The van der Waals surface area contributed by atoms with Gasteiger partial charge < -0.3 is 10.1 Å². The molecule has 0 saturated heterocycles. The third-order valence-electron chi connectivity index (χ3n) is 2.93. The SMILES string of the molecule is CCCNCc1cc(OC)ccc1-c1cncnc1. The Morgan fingerprint density at radius 2 is 2.00 bits per heavy atom. The second-order valence-electron chi connectivity index (χ2n) is 4.33. The fourth-order valence-electron chi connectivity index (χ4n) is 1.96. The molecule has 1 N–H and O–H groups in total. The number of rotatable bonds is 6. The smallest absolute Gasteiger partial charge is 0.119 e. The van der Waals surface area contributed by atoms with Gasteiger partial charge in [0.05, 0.1) is 7.11 Å². The Morgan fingerprint density at radius 1 is 1.21 bits per heavy atom. The number of nitrogens with zero attached hydrogens (tertiary/aromatic N) is 2. The van der Waals surface area contributed by atoms with Crippen molar-refractivity contribution < 1.29 is 4.74 Å². The van der Waals surface area contributed by atoms with Crippen molar-refractivity contribution in [3.05, 3.63) is 42.5 Å². The molecule has 0 unspecified atom stereocenters. The van der Waals surface area contributed by atoms with Crippen molar-refractivity contribution in [2.24, 2.45) is 0 Å².